The molecule has 1 rings (SSSR count). The molecule has 6 N–H and O–H groups in total. The van der Waals surface area contributed by atoms with Crippen LogP contribution in [0.3, 0.4) is 0 Å². The molecule has 2 unspecified atom stereocenters. The van der Waals surface area contributed by atoms with Crippen molar-refractivity contribution < 1.29 is 45.0 Å². The number of carboxylic acids is 1. The number of aromatic hydroxyl groups is 3. The van der Waals surface area contributed by atoms with Gasteiger partial charge >= 0.3 is 11.9 Å². The summed E-state index contributed by atoms with van der Waals surface area (Å²) >= 11 is 0. The monoisotopic (exact) mass is 302 g/mol. The van der Waals surface area contributed by atoms with E-state index in [1.807, 2.05) is 0 Å². The molecule has 0 heterocycles. The van der Waals surface area contributed by atoms with E-state index in [1.54, 1.807) is 0 Å². The number of carbonyl (C=O) groups excluding carboxylic acids is 1. The van der Waals surface area contributed by atoms with Crippen molar-refractivity contribution in [1.29, 1.82) is 0 Å². The number of benzene rings is 1. The van der Waals surface area contributed by atoms with Crippen LogP contribution < -0.4 is 0 Å². The lowest BCUT2D eigenvalue weighted by Gasteiger charge is -2.16. The molecular formula is C12H14O9. The van der Waals surface area contributed by atoms with Crippen LogP contribution in [-0.4, -0.2) is 61.4 Å². The summed E-state index contributed by atoms with van der Waals surface area (Å²) in [7, 11) is 0. The zero-order valence-corrected chi connectivity index (χ0v) is 10.6. The summed E-state index contributed by atoms with van der Waals surface area (Å²) in [4.78, 5) is 21.9. The molecule has 9 nitrogen and oxygen atoms in total. The molecule has 1 aromatic carbocycles. The smallest absolute Gasteiger partial charge is 0.338 e. The number of esters is 1. The Hall–Kier alpha value is -2.52. The quantitative estimate of drug-likeness (QED) is 0.290. The lowest BCUT2D eigenvalue weighted by molar-refractivity contribution is -0.141. The van der Waals surface area contributed by atoms with E-state index in [4.69, 9.17) is 10.2 Å². The number of phenolic OH excluding ortho intramolecular Hbond substituents is 3. The van der Waals surface area contributed by atoms with Gasteiger partial charge in [-0.3, -0.25) is 4.79 Å². The zero-order chi connectivity index (χ0) is 16.2. The first-order valence-electron chi connectivity index (χ1n) is 5.72. The van der Waals surface area contributed by atoms with Crippen LogP contribution in [0.15, 0.2) is 12.1 Å². The van der Waals surface area contributed by atoms with Gasteiger partial charge in [0.25, 0.3) is 0 Å². The van der Waals surface area contributed by atoms with E-state index in [1.165, 1.54) is 0 Å². The Balaban J connectivity index is 2.64. The molecule has 1 aromatic rings. The van der Waals surface area contributed by atoms with Gasteiger partial charge in [-0.25, -0.2) is 4.79 Å². The fourth-order valence-corrected chi connectivity index (χ4v) is 1.39. The van der Waals surface area contributed by atoms with Gasteiger partial charge in [0, 0.05) is 0 Å². The van der Waals surface area contributed by atoms with Gasteiger partial charge in [-0.1, -0.05) is 0 Å². The summed E-state index contributed by atoms with van der Waals surface area (Å²) in [5, 5.41) is 54.6. The van der Waals surface area contributed by atoms with Gasteiger partial charge in [0.2, 0.25) is 0 Å². The highest BCUT2D eigenvalue weighted by atomic mass is 16.5. The van der Waals surface area contributed by atoms with E-state index in [2.05, 4.69) is 4.74 Å². The Bertz CT molecular complexity index is 517. The Labute approximate surface area is 118 Å². The third-order valence-corrected chi connectivity index (χ3v) is 2.52. The molecule has 0 radical (unpaired) electrons. The Morgan fingerprint density at radius 3 is 2.05 bits per heavy atom. The molecule has 0 amide bonds. The number of hydrogen-bond acceptors (Lipinski definition) is 8. The summed E-state index contributed by atoms with van der Waals surface area (Å²) in [5.74, 6) is -4.67. The van der Waals surface area contributed by atoms with Crippen LogP contribution in [0.2, 0.25) is 0 Å². The Morgan fingerprint density at radius 2 is 1.57 bits per heavy atom. The standard InChI is InChI=1S/C12H14O9/c13-6(3-10(17)18)9(16)4-21-12(20)5-1-7(14)11(19)8(15)2-5/h1-2,6,9,13-16,19H,3-4H2,(H,17,18). The third-order valence-electron chi connectivity index (χ3n) is 2.52. The van der Waals surface area contributed by atoms with Crippen molar-refractivity contribution >= 4 is 11.9 Å². The van der Waals surface area contributed by atoms with Crippen molar-refractivity contribution in [2.24, 2.45) is 0 Å². The van der Waals surface area contributed by atoms with Gasteiger partial charge in [0.15, 0.2) is 17.2 Å². The molecule has 21 heavy (non-hydrogen) atoms. The van der Waals surface area contributed by atoms with Crippen LogP contribution in [0, 0.1) is 0 Å². The van der Waals surface area contributed by atoms with Crippen LogP contribution >= 0.6 is 0 Å². The minimum Gasteiger partial charge on any atom is -0.504 e. The Kier molecular flexibility index (Phi) is 5.33. The molecule has 0 aromatic heterocycles. The van der Waals surface area contributed by atoms with Gasteiger partial charge in [-0.15, -0.1) is 0 Å². The molecule has 116 valence electrons. The number of hydrogen-bond donors (Lipinski definition) is 6. The summed E-state index contributed by atoms with van der Waals surface area (Å²) in [6, 6.07) is 1.66. The van der Waals surface area contributed by atoms with E-state index >= 15 is 0 Å². The normalized spacial score (nSPS) is 13.4. The minimum absolute atomic E-state index is 0.303. The fourth-order valence-electron chi connectivity index (χ4n) is 1.39. The van der Waals surface area contributed by atoms with E-state index in [-0.39, 0.29) is 5.56 Å². The Morgan fingerprint density at radius 1 is 1.05 bits per heavy atom. The lowest BCUT2D eigenvalue weighted by Crippen LogP contribution is -2.33. The molecule has 0 spiro atoms. The maximum absolute atomic E-state index is 11.6. The second kappa shape index (κ2) is 6.77. The molecule has 0 bridgehead atoms. The van der Waals surface area contributed by atoms with Gasteiger partial charge in [-0.05, 0) is 12.1 Å². The summed E-state index contributed by atoms with van der Waals surface area (Å²) in [6.45, 7) is -0.685. The highest BCUT2D eigenvalue weighted by Crippen LogP contribution is 2.35. The van der Waals surface area contributed by atoms with Gasteiger partial charge < -0.3 is 35.4 Å². The van der Waals surface area contributed by atoms with Gasteiger partial charge in [-0.2, -0.15) is 0 Å². The largest absolute Gasteiger partial charge is 0.504 e. The molecule has 0 aliphatic carbocycles. The lowest BCUT2D eigenvalue weighted by atomic mass is 10.1. The van der Waals surface area contributed by atoms with Gasteiger partial charge in [0.05, 0.1) is 18.1 Å². The molecule has 0 fully saturated rings. The van der Waals surface area contributed by atoms with Crippen molar-refractivity contribution in [3.63, 3.8) is 0 Å². The number of carbonyl (C=O) groups is 2. The van der Waals surface area contributed by atoms with Crippen molar-refractivity contribution in [3.05, 3.63) is 17.7 Å². The minimum atomic E-state index is -1.61. The number of aliphatic carboxylic acids is 1. The summed E-state index contributed by atoms with van der Waals surface area (Å²) in [6.07, 6.45) is -3.94. The van der Waals surface area contributed by atoms with Crippen molar-refractivity contribution in [2.45, 2.75) is 18.6 Å². The molecule has 0 aliphatic rings. The average molecular weight is 302 g/mol. The second-order valence-electron chi connectivity index (χ2n) is 4.19. The molecule has 9 heteroatoms. The summed E-state index contributed by atoms with van der Waals surface area (Å²) < 4.78 is 4.60. The van der Waals surface area contributed by atoms with Crippen molar-refractivity contribution in [1.82, 2.24) is 0 Å². The average Bonchev–Trinajstić information content (AvgIpc) is 2.40. The predicted molar refractivity (Wildman–Crippen MR) is 66.0 cm³/mol. The van der Waals surface area contributed by atoms with E-state index < -0.39 is 54.4 Å². The van der Waals surface area contributed by atoms with Crippen molar-refractivity contribution in [3.8, 4) is 17.2 Å². The predicted octanol–water partition coefficient (Wildman–Crippen LogP) is -0.843. The number of carboxylic acid groups (broad SMARTS) is 1. The molecule has 2 atom stereocenters. The molecule has 0 aliphatic heterocycles. The van der Waals surface area contributed by atoms with Crippen LogP contribution in [0.25, 0.3) is 0 Å². The van der Waals surface area contributed by atoms with E-state index in [0.717, 1.165) is 12.1 Å². The maximum Gasteiger partial charge on any atom is 0.338 e. The fraction of sp³-hybridized carbons (Fsp3) is 0.333. The number of aliphatic hydroxyl groups is 2. The van der Waals surface area contributed by atoms with Crippen molar-refractivity contribution in [2.75, 3.05) is 6.61 Å². The first kappa shape index (κ1) is 16.5. The van der Waals surface area contributed by atoms with E-state index in [0.29, 0.717) is 0 Å². The zero-order valence-electron chi connectivity index (χ0n) is 10.6. The highest BCUT2D eigenvalue weighted by molar-refractivity contribution is 5.91. The molecule has 0 saturated heterocycles. The van der Waals surface area contributed by atoms with Crippen LogP contribution in [-0.2, 0) is 9.53 Å². The van der Waals surface area contributed by atoms with Crippen LogP contribution in [0.5, 0.6) is 17.2 Å². The van der Waals surface area contributed by atoms with Crippen LogP contribution in [0.1, 0.15) is 16.8 Å². The third kappa shape index (κ3) is 4.51. The number of rotatable bonds is 6. The topological polar surface area (TPSA) is 165 Å². The first-order chi connectivity index (χ1) is 9.72. The maximum atomic E-state index is 11.6. The highest BCUT2D eigenvalue weighted by Gasteiger charge is 2.22. The van der Waals surface area contributed by atoms with Gasteiger partial charge in [0.1, 0.15) is 12.7 Å². The van der Waals surface area contributed by atoms with E-state index in [9.17, 15) is 30.0 Å². The van der Waals surface area contributed by atoms with Crippen LogP contribution in [0.4, 0.5) is 0 Å². The molecular weight excluding hydrogens is 288 g/mol. The second-order valence-corrected chi connectivity index (χ2v) is 4.19. The number of phenols is 3. The molecule has 0 saturated carbocycles. The first-order valence-corrected chi connectivity index (χ1v) is 5.72. The SMILES string of the molecule is O=C(O)CC(O)C(O)COC(=O)c1cc(O)c(O)c(O)c1. The number of aliphatic hydroxyl groups excluding tert-OH is 2. The summed E-state index contributed by atoms with van der Waals surface area (Å²) in [5.41, 5.74) is -0.303. The number of ether oxygens (including phenoxy) is 1.